The molecule has 4 nitrogen and oxygen atoms in total. The minimum Gasteiger partial charge on any atom is -0.352 e. The molecule has 5 heteroatoms. The second kappa shape index (κ2) is 8.67. The maximum atomic E-state index is 11.9. The molecule has 0 saturated heterocycles. The predicted octanol–water partition coefficient (Wildman–Crippen LogP) is 3.63. The van der Waals surface area contributed by atoms with Crippen molar-refractivity contribution in [3.8, 4) is 0 Å². The van der Waals surface area contributed by atoms with Gasteiger partial charge in [-0.3, -0.25) is 9.59 Å². The Hall–Kier alpha value is -1.89. The predicted molar refractivity (Wildman–Crippen MR) is 100 cm³/mol. The van der Waals surface area contributed by atoms with Crippen molar-refractivity contribution in [3.05, 3.63) is 63.2 Å². The van der Waals surface area contributed by atoms with Gasteiger partial charge in [-0.05, 0) is 58.8 Å². The number of hydrogen-bond donors (Lipinski definition) is 2. The number of nitrogens with one attached hydrogen (secondary N) is 2. The van der Waals surface area contributed by atoms with Crippen molar-refractivity contribution in [2.45, 2.75) is 26.3 Å². The Labute approximate surface area is 149 Å². The van der Waals surface area contributed by atoms with Gasteiger partial charge in [0.25, 0.3) is 0 Å². The number of aryl methyl sites for hydroxylation is 1. The molecule has 0 atom stereocenters. The summed E-state index contributed by atoms with van der Waals surface area (Å²) in [5.74, 6) is -0.271. The summed E-state index contributed by atoms with van der Waals surface area (Å²) in [6.07, 6.45) is 0.355. The highest BCUT2D eigenvalue weighted by Crippen LogP contribution is 2.17. The number of carbonyl (C=O) groups is 2. The molecule has 2 amide bonds. The lowest BCUT2D eigenvalue weighted by Crippen LogP contribution is -2.24. The van der Waals surface area contributed by atoms with E-state index in [1.807, 2.05) is 55.5 Å². The number of carbonyl (C=O) groups excluding carboxylic acids is 2. The van der Waals surface area contributed by atoms with Crippen LogP contribution in [0.25, 0.3) is 0 Å². The Bertz CT molecular complexity index is 687. The summed E-state index contributed by atoms with van der Waals surface area (Å²) >= 11 is 2.23. The van der Waals surface area contributed by atoms with Crippen molar-refractivity contribution in [3.63, 3.8) is 0 Å². The van der Waals surface area contributed by atoms with Crippen LogP contribution in [0.1, 0.15) is 24.0 Å². The van der Waals surface area contributed by atoms with Gasteiger partial charge in [0.15, 0.2) is 0 Å². The van der Waals surface area contributed by atoms with Crippen molar-refractivity contribution in [2.24, 2.45) is 0 Å². The minimum absolute atomic E-state index is 0.122. The molecule has 0 aliphatic carbocycles. The Kier molecular flexibility index (Phi) is 6.58. The molecule has 0 fully saturated rings. The monoisotopic (exact) mass is 422 g/mol. The molecular formula is C18H19IN2O2. The van der Waals surface area contributed by atoms with Crippen LogP contribution in [0.2, 0.25) is 0 Å². The Morgan fingerprint density at radius 3 is 2.39 bits per heavy atom. The fourth-order valence-electron chi connectivity index (χ4n) is 2.09. The van der Waals surface area contributed by atoms with Gasteiger partial charge in [-0.1, -0.05) is 30.3 Å². The van der Waals surface area contributed by atoms with E-state index in [2.05, 4.69) is 33.2 Å². The zero-order valence-electron chi connectivity index (χ0n) is 12.9. The van der Waals surface area contributed by atoms with E-state index < -0.39 is 0 Å². The molecule has 0 spiro atoms. The van der Waals surface area contributed by atoms with E-state index in [9.17, 15) is 9.59 Å². The average molecular weight is 422 g/mol. The zero-order valence-corrected chi connectivity index (χ0v) is 15.1. The minimum atomic E-state index is -0.149. The van der Waals surface area contributed by atoms with E-state index in [1.165, 1.54) is 0 Å². The molecule has 2 N–H and O–H groups in total. The smallest absolute Gasteiger partial charge is 0.224 e. The van der Waals surface area contributed by atoms with Gasteiger partial charge in [0, 0.05) is 28.6 Å². The highest BCUT2D eigenvalue weighted by atomic mass is 127. The summed E-state index contributed by atoms with van der Waals surface area (Å²) in [5, 5.41) is 5.66. The van der Waals surface area contributed by atoms with E-state index in [0.29, 0.717) is 6.54 Å². The number of rotatable bonds is 6. The molecule has 0 aliphatic rings. The van der Waals surface area contributed by atoms with Gasteiger partial charge in [-0.2, -0.15) is 0 Å². The summed E-state index contributed by atoms with van der Waals surface area (Å²) in [4.78, 5) is 23.7. The summed E-state index contributed by atoms with van der Waals surface area (Å²) in [6, 6.07) is 15.5. The lowest BCUT2D eigenvalue weighted by atomic mass is 10.2. The van der Waals surface area contributed by atoms with Crippen LogP contribution in [0.5, 0.6) is 0 Å². The quantitative estimate of drug-likeness (QED) is 0.699. The molecule has 0 unspecified atom stereocenters. The van der Waals surface area contributed by atoms with Crippen LogP contribution in [-0.4, -0.2) is 11.8 Å². The normalized spacial score (nSPS) is 10.2. The topological polar surface area (TPSA) is 58.2 Å². The third kappa shape index (κ3) is 6.02. The molecule has 2 rings (SSSR count). The fraction of sp³-hybridized carbons (Fsp3) is 0.222. The van der Waals surface area contributed by atoms with Crippen LogP contribution in [0.15, 0.2) is 48.5 Å². The molecule has 2 aromatic rings. The highest BCUT2D eigenvalue weighted by Gasteiger charge is 2.08. The molecule has 0 aliphatic heterocycles. The van der Waals surface area contributed by atoms with Crippen LogP contribution in [0.4, 0.5) is 5.69 Å². The van der Waals surface area contributed by atoms with Crippen LogP contribution < -0.4 is 10.6 Å². The van der Waals surface area contributed by atoms with E-state index in [0.717, 1.165) is 20.4 Å². The first-order chi connectivity index (χ1) is 11.0. The number of hydrogen-bond acceptors (Lipinski definition) is 2. The molecule has 0 radical (unpaired) electrons. The van der Waals surface area contributed by atoms with E-state index >= 15 is 0 Å². The first-order valence-electron chi connectivity index (χ1n) is 7.41. The maximum Gasteiger partial charge on any atom is 0.224 e. The molecule has 0 aromatic heterocycles. The standard InChI is InChI=1S/C18H19IN2O2/c1-13-11-15(19)7-8-16(13)21-18(23)10-9-17(22)20-12-14-5-3-2-4-6-14/h2-8,11H,9-10,12H2,1H3,(H,20,22)(H,21,23). The van der Waals surface area contributed by atoms with Crippen molar-refractivity contribution >= 4 is 40.1 Å². The summed E-state index contributed by atoms with van der Waals surface area (Å²) in [5.41, 5.74) is 2.85. The summed E-state index contributed by atoms with van der Waals surface area (Å²) in [7, 11) is 0. The molecule has 2 aromatic carbocycles. The fourth-order valence-corrected chi connectivity index (χ4v) is 2.74. The number of amides is 2. The van der Waals surface area contributed by atoms with Crippen LogP contribution in [-0.2, 0) is 16.1 Å². The lowest BCUT2D eigenvalue weighted by Gasteiger charge is -2.09. The van der Waals surface area contributed by atoms with Crippen LogP contribution in [0.3, 0.4) is 0 Å². The maximum absolute atomic E-state index is 11.9. The SMILES string of the molecule is Cc1cc(I)ccc1NC(=O)CCC(=O)NCc1ccccc1. The van der Waals surface area contributed by atoms with Gasteiger partial charge >= 0.3 is 0 Å². The van der Waals surface area contributed by atoms with E-state index in [1.54, 1.807) is 0 Å². The van der Waals surface area contributed by atoms with Crippen molar-refractivity contribution in [1.82, 2.24) is 5.32 Å². The second-order valence-corrected chi connectivity index (χ2v) is 6.52. The summed E-state index contributed by atoms with van der Waals surface area (Å²) < 4.78 is 1.12. The van der Waals surface area contributed by atoms with Crippen molar-refractivity contribution in [1.29, 1.82) is 0 Å². The van der Waals surface area contributed by atoms with Gasteiger partial charge in [0.05, 0.1) is 0 Å². The van der Waals surface area contributed by atoms with Crippen molar-refractivity contribution in [2.75, 3.05) is 5.32 Å². The molecule has 0 saturated carbocycles. The average Bonchev–Trinajstić information content (AvgIpc) is 2.54. The molecular weight excluding hydrogens is 403 g/mol. The molecule has 0 heterocycles. The Balaban J connectivity index is 1.74. The second-order valence-electron chi connectivity index (χ2n) is 5.27. The Morgan fingerprint density at radius 2 is 1.70 bits per heavy atom. The largest absolute Gasteiger partial charge is 0.352 e. The first-order valence-corrected chi connectivity index (χ1v) is 8.49. The van der Waals surface area contributed by atoms with Crippen molar-refractivity contribution < 1.29 is 9.59 Å². The third-order valence-corrected chi connectivity index (χ3v) is 4.05. The molecule has 120 valence electrons. The molecule has 0 bridgehead atoms. The van der Waals surface area contributed by atoms with E-state index in [-0.39, 0.29) is 24.7 Å². The van der Waals surface area contributed by atoms with Gasteiger partial charge in [0.1, 0.15) is 0 Å². The number of benzene rings is 2. The lowest BCUT2D eigenvalue weighted by molar-refractivity contribution is -0.124. The highest BCUT2D eigenvalue weighted by molar-refractivity contribution is 14.1. The number of halogens is 1. The van der Waals surface area contributed by atoms with Gasteiger partial charge in [-0.25, -0.2) is 0 Å². The van der Waals surface area contributed by atoms with Crippen LogP contribution >= 0.6 is 22.6 Å². The Morgan fingerprint density at radius 1 is 1.00 bits per heavy atom. The van der Waals surface area contributed by atoms with E-state index in [4.69, 9.17) is 0 Å². The zero-order chi connectivity index (χ0) is 16.7. The third-order valence-electron chi connectivity index (χ3n) is 3.37. The van der Waals surface area contributed by atoms with Gasteiger partial charge in [-0.15, -0.1) is 0 Å². The van der Waals surface area contributed by atoms with Gasteiger partial charge < -0.3 is 10.6 Å². The summed E-state index contributed by atoms with van der Waals surface area (Å²) in [6.45, 7) is 2.43. The molecule has 23 heavy (non-hydrogen) atoms. The van der Waals surface area contributed by atoms with Gasteiger partial charge in [0.2, 0.25) is 11.8 Å². The van der Waals surface area contributed by atoms with Crippen LogP contribution in [0, 0.1) is 10.5 Å². The first kappa shape index (κ1) is 17.5. The number of anilines is 1.